The van der Waals surface area contributed by atoms with Gasteiger partial charge in [-0.2, -0.15) is 5.10 Å². The van der Waals surface area contributed by atoms with Crippen LogP contribution in [0.15, 0.2) is 15.5 Å². The molecule has 84 valence electrons. The van der Waals surface area contributed by atoms with E-state index in [-0.39, 0.29) is 5.56 Å². The minimum absolute atomic E-state index is 0.0918. The van der Waals surface area contributed by atoms with Crippen molar-refractivity contribution >= 4 is 21.6 Å². The Morgan fingerprint density at radius 2 is 2.27 bits per heavy atom. The Bertz CT molecular complexity index is 389. The Labute approximate surface area is 97.8 Å². The topological polar surface area (TPSA) is 46.9 Å². The van der Waals surface area contributed by atoms with Crippen LogP contribution in [0.5, 0.6) is 0 Å². The molecule has 0 radical (unpaired) electrons. The van der Waals surface area contributed by atoms with E-state index in [1.54, 1.807) is 6.20 Å². The van der Waals surface area contributed by atoms with Gasteiger partial charge in [0.1, 0.15) is 4.47 Å². The Morgan fingerprint density at radius 1 is 1.60 bits per heavy atom. The van der Waals surface area contributed by atoms with Crippen molar-refractivity contribution in [3.8, 4) is 0 Å². The molecule has 1 aromatic heterocycles. The van der Waals surface area contributed by atoms with Gasteiger partial charge in [0.2, 0.25) is 0 Å². The van der Waals surface area contributed by atoms with Gasteiger partial charge in [-0.25, -0.2) is 4.68 Å². The van der Waals surface area contributed by atoms with Crippen LogP contribution in [0.1, 0.15) is 27.2 Å². The van der Waals surface area contributed by atoms with E-state index in [1.165, 1.54) is 4.68 Å². The number of aromatic nitrogens is 2. The van der Waals surface area contributed by atoms with Crippen LogP contribution >= 0.6 is 15.9 Å². The number of hydrogen-bond acceptors (Lipinski definition) is 3. The summed E-state index contributed by atoms with van der Waals surface area (Å²) < 4.78 is 1.98. The molecule has 0 aliphatic carbocycles. The van der Waals surface area contributed by atoms with Crippen LogP contribution in [-0.4, -0.2) is 15.8 Å². The van der Waals surface area contributed by atoms with Gasteiger partial charge in [0.05, 0.1) is 11.9 Å². The van der Waals surface area contributed by atoms with Crippen molar-refractivity contribution in [2.45, 2.75) is 39.8 Å². The average molecular weight is 274 g/mol. The average Bonchev–Trinajstić information content (AvgIpc) is 2.25. The summed E-state index contributed by atoms with van der Waals surface area (Å²) in [6, 6.07) is 0.333. The summed E-state index contributed by atoms with van der Waals surface area (Å²) in [5.41, 5.74) is 0.671. The highest BCUT2D eigenvalue weighted by atomic mass is 79.9. The molecule has 0 fully saturated rings. The second kappa shape index (κ2) is 5.30. The summed E-state index contributed by atoms with van der Waals surface area (Å²) in [6.45, 7) is 6.63. The van der Waals surface area contributed by atoms with Crippen molar-refractivity contribution in [2.24, 2.45) is 0 Å². The molecule has 1 atom stereocenters. The zero-order chi connectivity index (χ0) is 11.4. The molecule has 0 aliphatic rings. The summed E-state index contributed by atoms with van der Waals surface area (Å²) in [4.78, 5) is 11.7. The number of rotatable bonds is 4. The van der Waals surface area contributed by atoms with E-state index >= 15 is 0 Å². The molecule has 1 N–H and O–H groups in total. The summed E-state index contributed by atoms with van der Waals surface area (Å²) >= 11 is 3.29. The first-order chi connectivity index (χ1) is 7.10. The highest BCUT2D eigenvalue weighted by Crippen LogP contribution is 2.17. The Kier molecular flexibility index (Phi) is 4.32. The second-order valence-corrected chi connectivity index (χ2v) is 4.24. The minimum Gasteiger partial charge on any atom is -0.380 e. The molecule has 0 saturated carbocycles. The number of aryl methyl sites for hydroxylation is 1. The molecule has 1 unspecified atom stereocenters. The molecule has 4 nitrogen and oxygen atoms in total. The first-order valence-corrected chi connectivity index (χ1v) is 5.91. The minimum atomic E-state index is -0.0918. The second-order valence-electron chi connectivity index (χ2n) is 3.45. The molecular formula is C10H16BrN3O. The maximum atomic E-state index is 11.7. The third-order valence-corrected chi connectivity index (χ3v) is 3.07. The molecule has 5 heteroatoms. The molecule has 1 heterocycles. The SMILES string of the molecule is CCC(C)Nc1cnn(CC)c(=O)c1Br. The monoisotopic (exact) mass is 273 g/mol. The molecule has 0 saturated heterocycles. The van der Waals surface area contributed by atoms with Crippen molar-refractivity contribution < 1.29 is 0 Å². The van der Waals surface area contributed by atoms with Gasteiger partial charge in [-0.05, 0) is 36.2 Å². The summed E-state index contributed by atoms with van der Waals surface area (Å²) in [5.74, 6) is 0. The van der Waals surface area contributed by atoms with Gasteiger partial charge < -0.3 is 5.32 Å². The highest BCUT2D eigenvalue weighted by Gasteiger charge is 2.09. The van der Waals surface area contributed by atoms with Crippen LogP contribution in [-0.2, 0) is 6.54 Å². The number of nitrogens with zero attached hydrogens (tertiary/aromatic N) is 2. The van der Waals surface area contributed by atoms with Gasteiger partial charge in [0.25, 0.3) is 5.56 Å². The maximum absolute atomic E-state index is 11.7. The molecule has 15 heavy (non-hydrogen) atoms. The number of halogens is 1. The smallest absolute Gasteiger partial charge is 0.283 e. The first-order valence-electron chi connectivity index (χ1n) is 5.12. The van der Waals surface area contributed by atoms with Gasteiger partial charge in [-0.15, -0.1) is 0 Å². The fourth-order valence-corrected chi connectivity index (χ4v) is 1.58. The Morgan fingerprint density at radius 3 is 2.80 bits per heavy atom. The van der Waals surface area contributed by atoms with Crippen molar-refractivity contribution in [1.82, 2.24) is 9.78 Å². The van der Waals surface area contributed by atoms with Gasteiger partial charge in [-0.3, -0.25) is 4.79 Å². The molecule has 0 aliphatic heterocycles. The van der Waals surface area contributed by atoms with E-state index in [9.17, 15) is 4.79 Å². The van der Waals surface area contributed by atoms with Crippen molar-refractivity contribution in [3.63, 3.8) is 0 Å². The largest absolute Gasteiger partial charge is 0.380 e. The van der Waals surface area contributed by atoms with Crippen molar-refractivity contribution in [1.29, 1.82) is 0 Å². The zero-order valence-electron chi connectivity index (χ0n) is 9.25. The van der Waals surface area contributed by atoms with E-state index in [0.717, 1.165) is 12.1 Å². The van der Waals surface area contributed by atoms with Crippen molar-refractivity contribution in [3.05, 3.63) is 21.0 Å². The van der Waals surface area contributed by atoms with E-state index < -0.39 is 0 Å². The first kappa shape index (κ1) is 12.2. The third-order valence-electron chi connectivity index (χ3n) is 2.30. The van der Waals surface area contributed by atoms with Gasteiger partial charge in [-0.1, -0.05) is 6.92 Å². The lowest BCUT2D eigenvalue weighted by atomic mass is 10.2. The lowest BCUT2D eigenvalue weighted by molar-refractivity contribution is 0.611. The molecule has 0 spiro atoms. The van der Waals surface area contributed by atoms with Crippen LogP contribution < -0.4 is 10.9 Å². The number of hydrogen-bond donors (Lipinski definition) is 1. The molecule has 0 bridgehead atoms. The van der Waals surface area contributed by atoms with Gasteiger partial charge >= 0.3 is 0 Å². The summed E-state index contributed by atoms with van der Waals surface area (Å²) in [6.07, 6.45) is 2.68. The number of nitrogens with one attached hydrogen (secondary N) is 1. The predicted octanol–water partition coefficient (Wildman–Crippen LogP) is 2.24. The van der Waals surface area contributed by atoms with Crippen LogP contribution in [0.2, 0.25) is 0 Å². The van der Waals surface area contributed by atoms with Crippen LogP contribution in [0.4, 0.5) is 5.69 Å². The van der Waals surface area contributed by atoms with E-state index in [1.807, 2.05) is 6.92 Å². The molecule has 1 rings (SSSR count). The quantitative estimate of drug-likeness (QED) is 0.915. The highest BCUT2D eigenvalue weighted by molar-refractivity contribution is 9.10. The fraction of sp³-hybridized carbons (Fsp3) is 0.600. The Balaban J connectivity index is 3.02. The lowest BCUT2D eigenvalue weighted by Crippen LogP contribution is -2.25. The van der Waals surface area contributed by atoms with Gasteiger partial charge in [0.15, 0.2) is 0 Å². The van der Waals surface area contributed by atoms with E-state index in [2.05, 4.69) is 40.2 Å². The molecule has 0 amide bonds. The standard InChI is InChI=1S/C10H16BrN3O/c1-4-7(3)13-8-6-12-14(5-2)10(15)9(8)11/h6-7,13H,4-5H2,1-3H3. The maximum Gasteiger partial charge on any atom is 0.283 e. The number of anilines is 1. The van der Waals surface area contributed by atoms with Crippen LogP contribution in [0.25, 0.3) is 0 Å². The third kappa shape index (κ3) is 2.81. The molecular weight excluding hydrogens is 258 g/mol. The predicted molar refractivity (Wildman–Crippen MR) is 65.2 cm³/mol. The zero-order valence-corrected chi connectivity index (χ0v) is 10.8. The normalized spacial score (nSPS) is 12.5. The molecule has 1 aromatic rings. The van der Waals surface area contributed by atoms with Crippen molar-refractivity contribution in [2.75, 3.05) is 5.32 Å². The van der Waals surface area contributed by atoms with Crippen LogP contribution in [0.3, 0.4) is 0 Å². The lowest BCUT2D eigenvalue weighted by Gasteiger charge is -2.14. The summed E-state index contributed by atoms with van der Waals surface area (Å²) in [5, 5.41) is 7.29. The Hall–Kier alpha value is -0.840. The van der Waals surface area contributed by atoms with E-state index in [4.69, 9.17) is 0 Å². The van der Waals surface area contributed by atoms with Gasteiger partial charge in [0, 0.05) is 12.6 Å². The fourth-order valence-electron chi connectivity index (χ4n) is 1.16. The van der Waals surface area contributed by atoms with E-state index in [0.29, 0.717) is 17.1 Å². The van der Waals surface area contributed by atoms with Crippen LogP contribution in [0, 0.1) is 0 Å². The summed E-state index contributed by atoms with van der Waals surface area (Å²) in [7, 11) is 0. The molecule has 0 aromatic carbocycles.